The van der Waals surface area contributed by atoms with E-state index < -0.39 is 0 Å². The molecule has 0 fully saturated rings. The molecule has 29 heavy (non-hydrogen) atoms. The Hall–Kier alpha value is -3.18. The monoisotopic (exact) mass is 405 g/mol. The number of aromatic nitrogens is 3. The maximum absolute atomic E-state index is 6.11. The highest BCUT2D eigenvalue weighted by Gasteiger charge is 2.15. The molecule has 0 aliphatic heterocycles. The fourth-order valence-electron chi connectivity index (χ4n) is 2.90. The van der Waals surface area contributed by atoms with Gasteiger partial charge in [0.05, 0.1) is 0 Å². The van der Waals surface area contributed by atoms with Crippen LogP contribution < -0.4 is 4.74 Å². The van der Waals surface area contributed by atoms with Gasteiger partial charge in [0, 0.05) is 27.4 Å². The summed E-state index contributed by atoms with van der Waals surface area (Å²) in [6.07, 6.45) is 0. The second-order valence-corrected chi connectivity index (χ2v) is 7.19. The summed E-state index contributed by atoms with van der Waals surface area (Å²) in [5.74, 6) is 2.41. The Labute approximate surface area is 174 Å². The molecule has 0 spiro atoms. The first-order chi connectivity index (χ1) is 14.0. The molecule has 4 rings (SSSR count). The first-order valence-corrected chi connectivity index (χ1v) is 9.65. The van der Waals surface area contributed by atoms with Crippen LogP contribution in [0.5, 0.6) is 5.88 Å². The Kier molecular flexibility index (Phi) is 5.32. The van der Waals surface area contributed by atoms with Crippen molar-refractivity contribution in [1.29, 1.82) is 0 Å². The number of aryl methyl sites for hydroxylation is 2. The molecule has 2 aromatic carbocycles. The number of hydrogen-bond donors (Lipinski definition) is 0. The summed E-state index contributed by atoms with van der Waals surface area (Å²) in [5.41, 5.74) is 4.25. The minimum atomic E-state index is 0.258. The van der Waals surface area contributed by atoms with Crippen LogP contribution in [-0.2, 0) is 6.61 Å². The Balaban J connectivity index is 1.60. The Bertz CT molecular complexity index is 1160. The number of rotatable bonds is 5. The summed E-state index contributed by atoms with van der Waals surface area (Å²) in [6.45, 7) is 6.02. The van der Waals surface area contributed by atoms with Crippen molar-refractivity contribution < 1.29 is 9.15 Å². The zero-order chi connectivity index (χ0) is 20.4. The SMILES string of the molecule is Cc1nc(-c2cccc(Cl)c2)nc(OCc2nc(-c3ccccc3)oc2C)c1C. The van der Waals surface area contributed by atoms with Gasteiger partial charge in [-0.25, -0.2) is 9.97 Å². The molecule has 0 amide bonds. The molecule has 4 aromatic rings. The van der Waals surface area contributed by atoms with E-state index in [1.807, 2.05) is 75.4 Å². The summed E-state index contributed by atoms with van der Waals surface area (Å²) in [5, 5.41) is 0.637. The van der Waals surface area contributed by atoms with E-state index in [9.17, 15) is 0 Å². The van der Waals surface area contributed by atoms with Crippen molar-refractivity contribution in [2.24, 2.45) is 0 Å². The zero-order valence-electron chi connectivity index (χ0n) is 16.4. The average Bonchev–Trinajstić information content (AvgIpc) is 3.10. The second kappa shape index (κ2) is 8.05. The smallest absolute Gasteiger partial charge is 0.226 e. The summed E-state index contributed by atoms with van der Waals surface area (Å²) in [6, 6.07) is 17.3. The lowest BCUT2D eigenvalue weighted by Gasteiger charge is -2.11. The third-order valence-corrected chi connectivity index (χ3v) is 4.92. The van der Waals surface area contributed by atoms with Gasteiger partial charge in [-0.05, 0) is 45.0 Å². The van der Waals surface area contributed by atoms with Gasteiger partial charge in [-0.1, -0.05) is 41.9 Å². The molecule has 0 aliphatic carbocycles. The Morgan fingerprint density at radius 1 is 0.897 bits per heavy atom. The molecule has 0 saturated carbocycles. The van der Waals surface area contributed by atoms with Crippen molar-refractivity contribution in [2.75, 3.05) is 0 Å². The maximum atomic E-state index is 6.11. The second-order valence-electron chi connectivity index (χ2n) is 6.75. The predicted octanol–water partition coefficient (Wildman–Crippen LogP) is 5.96. The van der Waals surface area contributed by atoms with Crippen LogP contribution in [0, 0.1) is 20.8 Å². The van der Waals surface area contributed by atoms with Crippen molar-refractivity contribution in [3.8, 4) is 28.7 Å². The van der Waals surface area contributed by atoms with Crippen LogP contribution in [0.1, 0.15) is 22.7 Å². The summed E-state index contributed by atoms with van der Waals surface area (Å²) >= 11 is 6.11. The van der Waals surface area contributed by atoms with Crippen LogP contribution in [-0.4, -0.2) is 15.0 Å². The molecule has 5 nitrogen and oxygen atoms in total. The molecule has 146 valence electrons. The highest BCUT2D eigenvalue weighted by Crippen LogP contribution is 2.27. The van der Waals surface area contributed by atoms with Gasteiger partial charge in [-0.2, -0.15) is 4.98 Å². The first-order valence-electron chi connectivity index (χ1n) is 9.27. The number of ether oxygens (including phenoxy) is 1. The molecule has 0 saturated heterocycles. The van der Waals surface area contributed by atoms with Gasteiger partial charge < -0.3 is 9.15 Å². The molecule has 0 atom stereocenters. The molecular weight excluding hydrogens is 386 g/mol. The lowest BCUT2D eigenvalue weighted by Crippen LogP contribution is -2.05. The zero-order valence-corrected chi connectivity index (χ0v) is 17.2. The Morgan fingerprint density at radius 3 is 2.41 bits per heavy atom. The van der Waals surface area contributed by atoms with Crippen molar-refractivity contribution in [3.63, 3.8) is 0 Å². The predicted molar refractivity (Wildman–Crippen MR) is 113 cm³/mol. The number of hydrogen-bond acceptors (Lipinski definition) is 5. The van der Waals surface area contributed by atoms with E-state index in [1.165, 1.54) is 0 Å². The third kappa shape index (κ3) is 4.15. The molecule has 0 radical (unpaired) electrons. The number of nitrogens with zero attached hydrogens (tertiary/aromatic N) is 3. The van der Waals surface area contributed by atoms with Crippen LogP contribution in [0.15, 0.2) is 59.0 Å². The molecule has 0 unspecified atom stereocenters. The summed E-state index contributed by atoms with van der Waals surface area (Å²) in [7, 11) is 0. The Morgan fingerprint density at radius 2 is 1.66 bits per heavy atom. The van der Waals surface area contributed by atoms with Gasteiger partial charge >= 0.3 is 0 Å². The lowest BCUT2D eigenvalue weighted by molar-refractivity contribution is 0.285. The van der Waals surface area contributed by atoms with Crippen molar-refractivity contribution in [3.05, 3.63) is 82.3 Å². The molecular formula is C23H20ClN3O2. The maximum Gasteiger partial charge on any atom is 0.226 e. The van der Waals surface area contributed by atoms with Gasteiger partial charge in [-0.15, -0.1) is 0 Å². The highest BCUT2D eigenvalue weighted by atomic mass is 35.5. The van der Waals surface area contributed by atoms with Gasteiger partial charge in [-0.3, -0.25) is 0 Å². The lowest BCUT2D eigenvalue weighted by atomic mass is 10.2. The van der Waals surface area contributed by atoms with Crippen LogP contribution in [0.3, 0.4) is 0 Å². The largest absolute Gasteiger partial charge is 0.471 e. The van der Waals surface area contributed by atoms with Crippen molar-refractivity contribution >= 4 is 11.6 Å². The van der Waals surface area contributed by atoms with E-state index in [0.717, 1.165) is 33.8 Å². The van der Waals surface area contributed by atoms with E-state index in [4.69, 9.17) is 20.8 Å². The van der Waals surface area contributed by atoms with Crippen molar-refractivity contribution in [1.82, 2.24) is 15.0 Å². The average molecular weight is 406 g/mol. The molecule has 2 heterocycles. The van der Waals surface area contributed by atoms with E-state index in [0.29, 0.717) is 22.6 Å². The normalized spacial score (nSPS) is 10.9. The van der Waals surface area contributed by atoms with E-state index >= 15 is 0 Å². The van der Waals surface area contributed by atoms with Crippen LogP contribution in [0.25, 0.3) is 22.8 Å². The summed E-state index contributed by atoms with van der Waals surface area (Å²) < 4.78 is 11.8. The van der Waals surface area contributed by atoms with Gasteiger partial charge in [0.15, 0.2) is 5.82 Å². The molecule has 6 heteroatoms. The van der Waals surface area contributed by atoms with E-state index in [1.54, 1.807) is 0 Å². The first kappa shape index (κ1) is 19.2. The van der Waals surface area contributed by atoms with Gasteiger partial charge in [0.2, 0.25) is 11.8 Å². The third-order valence-electron chi connectivity index (χ3n) is 4.69. The number of oxazole rings is 1. The standard InChI is InChI=1S/C23H20ClN3O2/c1-14-15(2)25-21(18-10-7-11-19(24)12-18)27-22(14)28-13-20-16(3)29-23(26-20)17-8-5-4-6-9-17/h4-12H,13H2,1-3H3. The van der Waals surface area contributed by atoms with Crippen LogP contribution in [0.2, 0.25) is 5.02 Å². The quantitative estimate of drug-likeness (QED) is 0.410. The molecule has 0 bridgehead atoms. The van der Waals surface area contributed by atoms with E-state index in [-0.39, 0.29) is 6.61 Å². The minimum absolute atomic E-state index is 0.258. The van der Waals surface area contributed by atoms with Crippen molar-refractivity contribution in [2.45, 2.75) is 27.4 Å². The van der Waals surface area contributed by atoms with Gasteiger partial charge in [0.1, 0.15) is 18.1 Å². The van der Waals surface area contributed by atoms with Crippen LogP contribution in [0.4, 0.5) is 0 Å². The fraction of sp³-hybridized carbons (Fsp3) is 0.174. The number of halogens is 1. The van der Waals surface area contributed by atoms with E-state index in [2.05, 4.69) is 15.0 Å². The molecule has 0 aliphatic rings. The number of benzene rings is 2. The summed E-state index contributed by atoms with van der Waals surface area (Å²) in [4.78, 5) is 13.8. The topological polar surface area (TPSA) is 61.0 Å². The molecule has 2 aromatic heterocycles. The van der Waals surface area contributed by atoms with Crippen LogP contribution >= 0.6 is 11.6 Å². The highest BCUT2D eigenvalue weighted by molar-refractivity contribution is 6.30. The molecule has 0 N–H and O–H groups in total. The minimum Gasteiger partial charge on any atom is -0.471 e. The fourth-order valence-corrected chi connectivity index (χ4v) is 3.09. The van der Waals surface area contributed by atoms with Gasteiger partial charge in [0.25, 0.3) is 0 Å².